The van der Waals surface area contributed by atoms with Gasteiger partial charge in [-0.25, -0.2) is 0 Å². The Labute approximate surface area is 168 Å². The molecule has 2 aliphatic rings. The van der Waals surface area contributed by atoms with Crippen molar-refractivity contribution >= 4 is 17.3 Å². The van der Waals surface area contributed by atoms with Crippen LogP contribution in [0, 0.1) is 11.3 Å². The Kier molecular flexibility index (Phi) is 4.93. The van der Waals surface area contributed by atoms with Crippen molar-refractivity contribution in [2.24, 2.45) is 0 Å². The molecule has 0 amide bonds. The maximum Gasteiger partial charge on any atom is 0.416 e. The number of nitrogens with zero attached hydrogens (tertiary/aromatic N) is 3. The van der Waals surface area contributed by atoms with Crippen LogP contribution in [0.4, 0.5) is 13.2 Å². The number of benzene rings is 2. The van der Waals surface area contributed by atoms with Crippen molar-refractivity contribution in [3.63, 3.8) is 0 Å². The van der Waals surface area contributed by atoms with Crippen molar-refractivity contribution in [3.8, 4) is 6.07 Å². The minimum Gasteiger partial charge on any atom is -0.368 e. The summed E-state index contributed by atoms with van der Waals surface area (Å²) in [5, 5.41) is 9.35. The molecular formula is C23H20F3N3. The Balaban J connectivity index is 1.97. The number of fused-ring (bicyclic) bond motifs is 2. The standard InChI is InChI=1S/C23H20F3N3/c1-28-10-12-29(13-11-28)22-14-16-4-2-3-5-18(16)20(8-9-27)19-7-6-17(15-21(19)22)23(24,25)26/h2-8,14-15H,10-13H2,1H3/b20-8-. The molecule has 29 heavy (non-hydrogen) atoms. The summed E-state index contributed by atoms with van der Waals surface area (Å²) in [7, 11) is 2.04. The number of nitriles is 1. The molecule has 4 rings (SSSR count). The molecule has 2 aromatic carbocycles. The van der Waals surface area contributed by atoms with Crippen LogP contribution in [0.3, 0.4) is 0 Å². The molecule has 0 spiro atoms. The second-order valence-corrected chi connectivity index (χ2v) is 7.35. The monoisotopic (exact) mass is 395 g/mol. The molecule has 0 saturated carbocycles. The first-order valence-electron chi connectivity index (χ1n) is 9.45. The van der Waals surface area contributed by atoms with E-state index in [2.05, 4.69) is 15.9 Å². The molecule has 0 bridgehead atoms. The van der Waals surface area contributed by atoms with E-state index in [1.54, 1.807) is 0 Å². The molecule has 1 heterocycles. The first-order valence-corrected chi connectivity index (χ1v) is 9.45. The molecule has 0 N–H and O–H groups in total. The number of hydrogen-bond donors (Lipinski definition) is 0. The Hall–Kier alpha value is -3.04. The molecule has 3 nitrogen and oxygen atoms in total. The summed E-state index contributed by atoms with van der Waals surface area (Å²) in [5.41, 5.74) is 3.64. The summed E-state index contributed by atoms with van der Waals surface area (Å²) < 4.78 is 40.4. The number of allylic oxidation sites excluding steroid dienone is 1. The summed E-state index contributed by atoms with van der Waals surface area (Å²) in [4.78, 5) is 4.35. The molecule has 0 radical (unpaired) electrons. The van der Waals surface area contributed by atoms with Crippen molar-refractivity contribution in [2.45, 2.75) is 6.18 Å². The van der Waals surface area contributed by atoms with Crippen LogP contribution in [0.2, 0.25) is 0 Å². The highest BCUT2D eigenvalue weighted by Crippen LogP contribution is 2.41. The van der Waals surface area contributed by atoms with Crippen molar-refractivity contribution in [3.05, 3.63) is 76.4 Å². The molecule has 6 heteroatoms. The highest BCUT2D eigenvalue weighted by atomic mass is 19.4. The normalized spacial score (nSPS) is 18.5. The number of likely N-dealkylation sites (N-methyl/N-ethyl adjacent to an activating group) is 1. The topological polar surface area (TPSA) is 30.3 Å². The van der Waals surface area contributed by atoms with Crippen LogP contribution < -0.4 is 0 Å². The fourth-order valence-electron chi connectivity index (χ4n) is 3.93. The number of piperazine rings is 1. The zero-order chi connectivity index (χ0) is 20.6. The number of halogens is 3. The van der Waals surface area contributed by atoms with E-state index in [1.807, 2.05) is 37.4 Å². The predicted octanol–water partition coefficient (Wildman–Crippen LogP) is 4.72. The van der Waals surface area contributed by atoms with Gasteiger partial charge in [-0.2, -0.15) is 18.4 Å². The third-order valence-corrected chi connectivity index (χ3v) is 5.51. The largest absolute Gasteiger partial charge is 0.416 e. The van der Waals surface area contributed by atoms with E-state index in [1.165, 1.54) is 18.2 Å². The van der Waals surface area contributed by atoms with E-state index in [9.17, 15) is 18.4 Å². The van der Waals surface area contributed by atoms with Crippen LogP contribution in [0.1, 0.15) is 27.8 Å². The van der Waals surface area contributed by atoms with Gasteiger partial charge >= 0.3 is 6.18 Å². The van der Waals surface area contributed by atoms with Gasteiger partial charge in [-0.05, 0) is 41.9 Å². The molecular weight excluding hydrogens is 375 g/mol. The molecule has 0 aromatic heterocycles. The predicted molar refractivity (Wildman–Crippen MR) is 108 cm³/mol. The second kappa shape index (κ2) is 7.41. The van der Waals surface area contributed by atoms with Crippen LogP contribution in [-0.4, -0.2) is 43.0 Å². The molecule has 148 valence electrons. The first kappa shape index (κ1) is 19.3. The maximum absolute atomic E-state index is 13.5. The number of rotatable bonds is 1. The fourth-order valence-corrected chi connectivity index (χ4v) is 3.93. The van der Waals surface area contributed by atoms with E-state index in [0.29, 0.717) is 16.7 Å². The Morgan fingerprint density at radius 3 is 2.38 bits per heavy atom. The number of hydrogen-bond acceptors (Lipinski definition) is 3. The molecule has 2 aromatic rings. The van der Waals surface area contributed by atoms with Crippen molar-refractivity contribution in [2.75, 3.05) is 33.2 Å². The van der Waals surface area contributed by atoms with Crippen molar-refractivity contribution in [1.29, 1.82) is 5.26 Å². The Morgan fingerprint density at radius 1 is 0.966 bits per heavy atom. The van der Waals surface area contributed by atoms with Crippen LogP contribution in [0.5, 0.6) is 0 Å². The summed E-state index contributed by atoms with van der Waals surface area (Å²) >= 11 is 0. The molecule has 1 saturated heterocycles. The second-order valence-electron chi connectivity index (χ2n) is 7.35. The lowest BCUT2D eigenvalue weighted by atomic mass is 9.91. The molecule has 0 unspecified atom stereocenters. The highest BCUT2D eigenvalue weighted by molar-refractivity contribution is 5.98. The Morgan fingerprint density at radius 2 is 1.69 bits per heavy atom. The van der Waals surface area contributed by atoms with Crippen molar-refractivity contribution in [1.82, 2.24) is 9.80 Å². The summed E-state index contributed by atoms with van der Waals surface area (Å²) in [6.07, 6.45) is -1.05. The van der Waals surface area contributed by atoms with E-state index in [-0.39, 0.29) is 0 Å². The minimum absolute atomic E-state index is 0.516. The SMILES string of the molecule is CN1CCN(C2=Cc3ccccc3/C(=C/C#N)c3ccc(C(F)(F)F)cc32)CC1. The van der Waals surface area contributed by atoms with Crippen LogP contribution in [0.15, 0.2) is 48.5 Å². The lowest BCUT2D eigenvalue weighted by Crippen LogP contribution is -2.43. The third kappa shape index (κ3) is 3.66. The molecule has 1 aliphatic carbocycles. The van der Waals surface area contributed by atoms with Gasteiger partial charge in [0.25, 0.3) is 0 Å². The van der Waals surface area contributed by atoms with Crippen LogP contribution in [0.25, 0.3) is 17.3 Å². The smallest absolute Gasteiger partial charge is 0.368 e. The van der Waals surface area contributed by atoms with Gasteiger partial charge in [0.2, 0.25) is 0 Å². The molecule has 1 aliphatic heterocycles. The van der Waals surface area contributed by atoms with Gasteiger partial charge in [0.05, 0.1) is 11.6 Å². The summed E-state index contributed by atoms with van der Waals surface area (Å²) in [6, 6.07) is 13.5. The van der Waals surface area contributed by atoms with E-state index in [0.717, 1.165) is 49.1 Å². The lowest BCUT2D eigenvalue weighted by molar-refractivity contribution is -0.137. The van der Waals surface area contributed by atoms with Gasteiger partial charge in [0, 0.05) is 49.1 Å². The average Bonchev–Trinajstić information content (AvgIpc) is 2.83. The molecule has 0 atom stereocenters. The van der Waals surface area contributed by atoms with Crippen molar-refractivity contribution < 1.29 is 13.2 Å². The Bertz CT molecular complexity index is 1040. The zero-order valence-corrected chi connectivity index (χ0v) is 16.0. The van der Waals surface area contributed by atoms with Gasteiger partial charge in [-0.15, -0.1) is 0 Å². The minimum atomic E-state index is -4.43. The zero-order valence-electron chi connectivity index (χ0n) is 16.0. The quantitative estimate of drug-likeness (QED) is 0.655. The fraction of sp³-hybridized carbons (Fsp3) is 0.261. The summed E-state index contributed by atoms with van der Waals surface area (Å²) in [6.45, 7) is 3.15. The van der Waals surface area contributed by atoms with Crippen LogP contribution in [-0.2, 0) is 6.18 Å². The van der Waals surface area contributed by atoms with Gasteiger partial charge < -0.3 is 9.80 Å². The summed E-state index contributed by atoms with van der Waals surface area (Å²) in [5.74, 6) is 0. The number of alkyl halides is 3. The van der Waals surface area contributed by atoms with Gasteiger partial charge in [-0.3, -0.25) is 0 Å². The van der Waals surface area contributed by atoms with Gasteiger partial charge in [0.1, 0.15) is 0 Å². The third-order valence-electron chi connectivity index (χ3n) is 5.51. The average molecular weight is 395 g/mol. The first-order chi connectivity index (χ1) is 13.9. The van der Waals surface area contributed by atoms with E-state index in [4.69, 9.17) is 0 Å². The molecule has 1 fully saturated rings. The maximum atomic E-state index is 13.5. The highest BCUT2D eigenvalue weighted by Gasteiger charge is 2.33. The van der Waals surface area contributed by atoms with Gasteiger partial charge in [-0.1, -0.05) is 30.3 Å². The lowest BCUT2D eigenvalue weighted by Gasteiger charge is -2.36. The van der Waals surface area contributed by atoms with E-state index < -0.39 is 11.7 Å². The van der Waals surface area contributed by atoms with E-state index >= 15 is 0 Å². The van der Waals surface area contributed by atoms with Gasteiger partial charge in [0.15, 0.2) is 0 Å². The van der Waals surface area contributed by atoms with Crippen LogP contribution >= 0.6 is 0 Å².